The van der Waals surface area contributed by atoms with Gasteiger partial charge in [0.25, 0.3) is 0 Å². The zero-order valence-electron chi connectivity index (χ0n) is 14.6. The van der Waals surface area contributed by atoms with E-state index in [2.05, 4.69) is 37.4 Å². The Hall–Kier alpha value is -2.62. The average molecular weight is 335 g/mol. The highest BCUT2D eigenvalue weighted by Gasteiger charge is 2.22. The molecule has 128 valence electrons. The largest absolute Gasteiger partial charge is 0.370 e. The van der Waals surface area contributed by atoms with Gasteiger partial charge in [-0.2, -0.15) is 5.10 Å². The van der Waals surface area contributed by atoms with E-state index >= 15 is 0 Å². The SMILES string of the molecule is Cc1ccc(-n2nc(-c3ccc(F)cc3)c3c2NCCCC3)c(C)c1. The monoisotopic (exact) mass is 335 g/mol. The van der Waals surface area contributed by atoms with Crippen molar-refractivity contribution in [3.63, 3.8) is 0 Å². The van der Waals surface area contributed by atoms with Gasteiger partial charge in [-0.1, -0.05) is 17.7 Å². The predicted molar refractivity (Wildman–Crippen MR) is 99.9 cm³/mol. The number of nitrogens with zero attached hydrogens (tertiary/aromatic N) is 2. The normalized spacial score (nSPS) is 13.9. The Kier molecular flexibility index (Phi) is 4.04. The molecule has 4 heteroatoms. The lowest BCUT2D eigenvalue weighted by molar-refractivity contribution is 0.628. The van der Waals surface area contributed by atoms with Crippen molar-refractivity contribution in [3.05, 3.63) is 65.0 Å². The number of nitrogens with one attached hydrogen (secondary N) is 1. The number of hydrogen-bond acceptors (Lipinski definition) is 2. The van der Waals surface area contributed by atoms with Gasteiger partial charge in [0, 0.05) is 17.7 Å². The Labute approximate surface area is 147 Å². The van der Waals surface area contributed by atoms with Crippen LogP contribution in [0.5, 0.6) is 0 Å². The van der Waals surface area contributed by atoms with Gasteiger partial charge in [-0.05, 0) is 69.0 Å². The zero-order chi connectivity index (χ0) is 17.4. The summed E-state index contributed by atoms with van der Waals surface area (Å²) in [6, 6.07) is 13.1. The number of aryl methyl sites for hydroxylation is 2. The van der Waals surface area contributed by atoms with Crippen molar-refractivity contribution in [2.75, 3.05) is 11.9 Å². The maximum Gasteiger partial charge on any atom is 0.133 e. The zero-order valence-corrected chi connectivity index (χ0v) is 14.6. The number of hydrogen-bond donors (Lipinski definition) is 1. The minimum Gasteiger partial charge on any atom is -0.370 e. The van der Waals surface area contributed by atoms with Crippen molar-refractivity contribution in [1.29, 1.82) is 0 Å². The van der Waals surface area contributed by atoms with Crippen LogP contribution in [0.15, 0.2) is 42.5 Å². The Morgan fingerprint density at radius 2 is 1.84 bits per heavy atom. The molecule has 0 aliphatic carbocycles. The van der Waals surface area contributed by atoms with Gasteiger partial charge in [0.05, 0.1) is 11.4 Å². The molecule has 1 aliphatic rings. The van der Waals surface area contributed by atoms with E-state index in [1.165, 1.54) is 28.8 Å². The highest BCUT2D eigenvalue weighted by molar-refractivity contribution is 5.71. The Balaban J connectivity index is 1.91. The van der Waals surface area contributed by atoms with Crippen LogP contribution >= 0.6 is 0 Å². The first-order valence-electron chi connectivity index (χ1n) is 8.83. The maximum atomic E-state index is 13.3. The molecule has 0 saturated heterocycles. The van der Waals surface area contributed by atoms with E-state index in [1.54, 1.807) is 0 Å². The van der Waals surface area contributed by atoms with Crippen LogP contribution in [0.2, 0.25) is 0 Å². The first-order chi connectivity index (χ1) is 12.1. The van der Waals surface area contributed by atoms with E-state index in [0.29, 0.717) is 0 Å². The molecule has 1 N–H and O–H groups in total. The summed E-state index contributed by atoms with van der Waals surface area (Å²) >= 11 is 0. The summed E-state index contributed by atoms with van der Waals surface area (Å²) in [6.45, 7) is 5.17. The van der Waals surface area contributed by atoms with E-state index in [-0.39, 0.29) is 5.82 Å². The van der Waals surface area contributed by atoms with Crippen molar-refractivity contribution in [1.82, 2.24) is 9.78 Å². The molecule has 4 rings (SSSR count). The van der Waals surface area contributed by atoms with Crippen LogP contribution in [-0.4, -0.2) is 16.3 Å². The summed E-state index contributed by atoms with van der Waals surface area (Å²) in [7, 11) is 0. The van der Waals surface area contributed by atoms with Gasteiger partial charge >= 0.3 is 0 Å². The van der Waals surface area contributed by atoms with Crippen LogP contribution in [0.3, 0.4) is 0 Å². The fourth-order valence-corrected chi connectivity index (χ4v) is 3.56. The van der Waals surface area contributed by atoms with Crippen molar-refractivity contribution < 1.29 is 4.39 Å². The highest BCUT2D eigenvalue weighted by Crippen LogP contribution is 2.34. The molecule has 0 fully saturated rings. The molecule has 0 spiro atoms. The third-order valence-electron chi connectivity index (χ3n) is 4.83. The average Bonchev–Trinajstić information content (AvgIpc) is 2.78. The third-order valence-corrected chi connectivity index (χ3v) is 4.83. The molecule has 0 bridgehead atoms. The molecule has 0 atom stereocenters. The molecule has 0 amide bonds. The van der Waals surface area contributed by atoms with Crippen molar-refractivity contribution in [3.8, 4) is 16.9 Å². The van der Waals surface area contributed by atoms with Crippen LogP contribution in [-0.2, 0) is 6.42 Å². The molecule has 3 nitrogen and oxygen atoms in total. The first kappa shape index (κ1) is 15.9. The number of rotatable bonds is 2. The summed E-state index contributed by atoms with van der Waals surface area (Å²) in [4.78, 5) is 0. The van der Waals surface area contributed by atoms with Gasteiger partial charge in [0.15, 0.2) is 0 Å². The molecule has 0 radical (unpaired) electrons. The number of aromatic nitrogens is 2. The minimum atomic E-state index is -0.221. The van der Waals surface area contributed by atoms with E-state index < -0.39 is 0 Å². The number of anilines is 1. The first-order valence-corrected chi connectivity index (χ1v) is 8.83. The summed E-state index contributed by atoms with van der Waals surface area (Å²) in [5.74, 6) is 0.852. The molecule has 0 unspecified atom stereocenters. The molecular weight excluding hydrogens is 313 g/mol. The second-order valence-corrected chi connectivity index (χ2v) is 6.77. The fraction of sp³-hybridized carbons (Fsp3) is 0.286. The van der Waals surface area contributed by atoms with E-state index in [4.69, 9.17) is 5.10 Å². The standard InChI is InChI=1S/C21H22FN3/c1-14-6-11-19(15(2)13-14)25-21-18(5-3-4-12-23-21)20(24-25)16-7-9-17(22)10-8-16/h6-11,13,23H,3-5,12H2,1-2H3. The van der Waals surface area contributed by atoms with Gasteiger partial charge in [0.1, 0.15) is 11.6 Å². The number of fused-ring (bicyclic) bond motifs is 1. The molecule has 1 aliphatic heterocycles. The van der Waals surface area contributed by atoms with E-state index in [0.717, 1.165) is 48.6 Å². The molecule has 2 heterocycles. The Morgan fingerprint density at radius 1 is 1.04 bits per heavy atom. The van der Waals surface area contributed by atoms with Gasteiger partial charge in [0.2, 0.25) is 0 Å². The van der Waals surface area contributed by atoms with Gasteiger partial charge in [-0.15, -0.1) is 0 Å². The highest BCUT2D eigenvalue weighted by atomic mass is 19.1. The quantitative estimate of drug-likeness (QED) is 0.711. The van der Waals surface area contributed by atoms with Crippen molar-refractivity contribution in [2.45, 2.75) is 33.1 Å². The lowest BCUT2D eigenvalue weighted by atomic mass is 10.0. The van der Waals surface area contributed by atoms with Crippen LogP contribution in [0.1, 0.15) is 29.5 Å². The van der Waals surface area contributed by atoms with E-state index in [1.807, 2.05) is 16.8 Å². The molecular formula is C21H22FN3. The predicted octanol–water partition coefficient (Wildman–Crippen LogP) is 5.04. The van der Waals surface area contributed by atoms with Gasteiger partial charge in [-0.25, -0.2) is 9.07 Å². The second kappa shape index (κ2) is 6.36. The molecule has 0 saturated carbocycles. The van der Waals surface area contributed by atoms with E-state index in [9.17, 15) is 4.39 Å². The lowest BCUT2D eigenvalue weighted by Gasteiger charge is -2.12. The fourth-order valence-electron chi connectivity index (χ4n) is 3.56. The third kappa shape index (κ3) is 2.93. The summed E-state index contributed by atoms with van der Waals surface area (Å²) in [6.07, 6.45) is 3.26. The Bertz CT molecular complexity index is 910. The lowest BCUT2D eigenvalue weighted by Crippen LogP contribution is -2.08. The van der Waals surface area contributed by atoms with Crippen LogP contribution in [0.25, 0.3) is 16.9 Å². The molecule has 1 aromatic heterocycles. The minimum absolute atomic E-state index is 0.221. The van der Waals surface area contributed by atoms with Crippen molar-refractivity contribution >= 4 is 5.82 Å². The van der Waals surface area contributed by atoms with Gasteiger partial charge < -0.3 is 5.32 Å². The van der Waals surface area contributed by atoms with Crippen LogP contribution in [0, 0.1) is 19.7 Å². The smallest absolute Gasteiger partial charge is 0.133 e. The second-order valence-electron chi connectivity index (χ2n) is 6.77. The molecule has 25 heavy (non-hydrogen) atoms. The number of benzene rings is 2. The summed E-state index contributed by atoms with van der Waals surface area (Å²) < 4.78 is 15.4. The number of halogens is 1. The maximum absolute atomic E-state index is 13.3. The molecule has 3 aromatic rings. The summed E-state index contributed by atoms with van der Waals surface area (Å²) in [5.41, 5.74) is 6.66. The van der Waals surface area contributed by atoms with Crippen LogP contribution < -0.4 is 5.32 Å². The van der Waals surface area contributed by atoms with Gasteiger partial charge in [-0.3, -0.25) is 0 Å². The molecule has 2 aromatic carbocycles. The van der Waals surface area contributed by atoms with Crippen molar-refractivity contribution in [2.24, 2.45) is 0 Å². The topological polar surface area (TPSA) is 29.9 Å². The summed E-state index contributed by atoms with van der Waals surface area (Å²) in [5, 5.41) is 8.49. The van der Waals surface area contributed by atoms with Crippen LogP contribution in [0.4, 0.5) is 10.2 Å². The Morgan fingerprint density at radius 3 is 2.60 bits per heavy atom.